The van der Waals surface area contributed by atoms with E-state index in [2.05, 4.69) is 10.3 Å². The molecule has 0 aliphatic heterocycles. The van der Waals surface area contributed by atoms with Crippen LogP contribution in [0.4, 0.5) is 0 Å². The molecule has 22 heavy (non-hydrogen) atoms. The van der Waals surface area contributed by atoms with E-state index in [1.54, 1.807) is 0 Å². The number of nitrogens with two attached hydrogens (primary N) is 1. The standard InChI is InChI=1S/C17H21N3OS/c1-11-15(16(21)20-14-9-7-13(18)8-10-14)22-17(19-11)12-5-3-2-4-6-12/h2-6,13-14H,7-10,18H2,1H3,(H,20,21). The third kappa shape index (κ3) is 3.36. The number of rotatable bonds is 3. The molecule has 1 aromatic carbocycles. The largest absolute Gasteiger partial charge is 0.349 e. The molecule has 2 aromatic rings. The Labute approximate surface area is 134 Å². The fraction of sp³-hybridized carbons (Fsp3) is 0.412. The molecule has 0 radical (unpaired) electrons. The Morgan fingerprint density at radius 2 is 1.91 bits per heavy atom. The highest BCUT2D eigenvalue weighted by Crippen LogP contribution is 2.28. The van der Waals surface area contributed by atoms with Crippen molar-refractivity contribution < 1.29 is 4.79 Å². The minimum atomic E-state index is -0.00217. The minimum Gasteiger partial charge on any atom is -0.349 e. The summed E-state index contributed by atoms with van der Waals surface area (Å²) in [4.78, 5) is 17.7. The smallest absolute Gasteiger partial charge is 0.263 e. The average molecular weight is 315 g/mol. The van der Waals surface area contributed by atoms with Crippen LogP contribution in [-0.4, -0.2) is 23.0 Å². The molecule has 1 fully saturated rings. The first-order valence-electron chi connectivity index (χ1n) is 7.73. The Morgan fingerprint density at radius 1 is 1.23 bits per heavy atom. The highest BCUT2D eigenvalue weighted by atomic mass is 32.1. The van der Waals surface area contributed by atoms with Crippen LogP contribution in [0.2, 0.25) is 0 Å². The number of nitrogens with one attached hydrogen (secondary N) is 1. The number of amides is 1. The third-order valence-electron chi connectivity index (χ3n) is 4.13. The van der Waals surface area contributed by atoms with Gasteiger partial charge in [0.25, 0.3) is 5.91 Å². The summed E-state index contributed by atoms with van der Waals surface area (Å²) in [7, 11) is 0. The van der Waals surface area contributed by atoms with Crippen LogP contribution in [0.15, 0.2) is 30.3 Å². The summed E-state index contributed by atoms with van der Waals surface area (Å²) in [6, 6.07) is 10.5. The SMILES string of the molecule is Cc1nc(-c2ccccc2)sc1C(=O)NC1CCC(N)CC1. The number of aryl methyl sites for hydroxylation is 1. The lowest BCUT2D eigenvalue weighted by Gasteiger charge is -2.26. The van der Waals surface area contributed by atoms with Crippen molar-refractivity contribution in [3.8, 4) is 10.6 Å². The van der Waals surface area contributed by atoms with E-state index >= 15 is 0 Å². The van der Waals surface area contributed by atoms with Crippen molar-refractivity contribution in [3.63, 3.8) is 0 Å². The van der Waals surface area contributed by atoms with Crippen molar-refractivity contribution in [1.82, 2.24) is 10.3 Å². The molecule has 0 atom stereocenters. The van der Waals surface area contributed by atoms with Crippen LogP contribution in [0, 0.1) is 6.92 Å². The Morgan fingerprint density at radius 3 is 2.59 bits per heavy atom. The van der Waals surface area contributed by atoms with Gasteiger partial charge in [0.05, 0.1) is 5.69 Å². The summed E-state index contributed by atoms with van der Waals surface area (Å²) in [6.07, 6.45) is 3.91. The van der Waals surface area contributed by atoms with E-state index < -0.39 is 0 Å². The molecule has 0 unspecified atom stereocenters. The van der Waals surface area contributed by atoms with E-state index in [0.29, 0.717) is 10.9 Å². The predicted octanol–water partition coefficient (Wildman–Crippen LogP) is 3.12. The van der Waals surface area contributed by atoms with Gasteiger partial charge in [0.1, 0.15) is 9.88 Å². The van der Waals surface area contributed by atoms with Crippen molar-refractivity contribution in [2.75, 3.05) is 0 Å². The van der Waals surface area contributed by atoms with E-state index in [-0.39, 0.29) is 11.9 Å². The van der Waals surface area contributed by atoms with Crippen molar-refractivity contribution in [2.45, 2.75) is 44.7 Å². The summed E-state index contributed by atoms with van der Waals surface area (Å²) in [6.45, 7) is 1.90. The van der Waals surface area contributed by atoms with Gasteiger partial charge in [0, 0.05) is 17.6 Å². The van der Waals surface area contributed by atoms with Gasteiger partial charge in [-0.3, -0.25) is 4.79 Å². The zero-order valence-corrected chi connectivity index (χ0v) is 13.5. The lowest BCUT2D eigenvalue weighted by molar-refractivity contribution is 0.0929. The lowest BCUT2D eigenvalue weighted by Crippen LogP contribution is -2.40. The lowest BCUT2D eigenvalue weighted by atomic mass is 9.92. The summed E-state index contributed by atoms with van der Waals surface area (Å²) < 4.78 is 0. The van der Waals surface area contributed by atoms with Crippen molar-refractivity contribution >= 4 is 17.2 Å². The van der Waals surface area contributed by atoms with Gasteiger partial charge < -0.3 is 11.1 Å². The first-order valence-corrected chi connectivity index (χ1v) is 8.54. The number of hydrogen-bond donors (Lipinski definition) is 2. The molecule has 0 bridgehead atoms. The van der Waals surface area contributed by atoms with E-state index in [0.717, 1.165) is 41.9 Å². The maximum atomic E-state index is 12.5. The van der Waals surface area contributed by atoms with Gasteiger partial charge in [0.2, 0.25) is 0 Å². The van der Waals surface area contributed by atoms with Gasteiger partial charge >= 0.3 is 0 Å². The molecule has 0 spiro atoms. The van der Waals surface area contributed by atoms with E-state index in [9.17, 15) is 4.79 Å². The second-order valence-corrected chi connectivity index (χ2v) is 6.88. The van der Waals surface area contributed by atoms with E-state index in [4.69, 9.17) is 5.73 Å². The Bertz CT molecular complexity index is 645. The van der Waals surface area contributed by atoms with Crippen LogP contribution in [0.1, 0.15) is 41.0 Å². The predicted molar refractivity (Wildman–Crippen MR) is 90.0 cm³/mol. The van der Waals surface area contributed by atoms with Gasteiger partial charge in [-0.15, -0.1) is 11.3 Å². The molecule has 4 nitrogen and oxygen atoms in total. The third-order valence-corrected chi connectivity index (χ3v) is 5.34. The Balaban J connectivity index is 1.72. The van der Waals surface area contributed by atoms with Crippen LogP contribution in [0.5, 0.6) is 0 Å². The molecule has 1 amide bonds. The molecule has 5 heteroatoms. The molecular formula is C17H21N3OS. The maximum Gasteiger partial charge on any atom is 0.263 e. The first kappa shape index (κ1) is 15.2. The van der Waals surface area contributed by atoms with Crippen LogP contribution < -0.4 is 11.1 Å². The number of hydrogen-bond acceptors (Lipinski definition) is 4. The fourth-order valence-electron chi connectivity index (χ4n) is 2.83. The van der Waals surface area contributed by atoms with Gasteiger partial charge in [-0.1, -0.05) is 30.3 Å². The van der Waals surface area contributed by atoms with Crippen molar-refractivity contribution in [2.24, 2.45) is 5.73 Å². The number of nitrogens with zero attached hydrogens (tertiary/aromatic N) is 1. The first-order chi connectivity index (χ1) is 10.6. The molecular weight excluding hydrogens is 294 g/mol. The van der Waals surface area contributed by atoms with Crippen LogP contribution in [0.25, 0.3) is 10.6 Å². The maximum absolute atomic E-state index is 12.5. The monoisotopic (exact) mass is 315 g/mol. The molecule has 0 saturated heterocycles. The Hall–Kier alpha value is -1.72. The van der Waals surface area contributed by atoms with Gasteiger partial charge in [-0.05, 0) is 32.6 Å². The minimum absolute atomic E-state index is 0.00217. The number of carbonyl (C=O) groups is 1. The second-order valence-electron chi connectivity index (χ2n) is 5.88. The molecule has 1 saturated carbocycles. The van der Waals surface area contributed by atoms with E-state index in [1.807, 2.05) is 37.3 Å². The normalized spacial score (nSPS) is 21.5. The highest BCUT2D eigenvalue weighted by molar-refractivity contribution is 7.17. The van der Waals surface area contributed by atoms with Crippen molar-refractivity contribution in [3.05, 3.63) is 40.9 Å². The molecule has 1 heterocycles. The molecule has 3 rings (SSSR count). The number of benzene rings is 1. The van der Waals surface area contributed by atoms with Crippen LogP contribution in [-0.2, 0) is 0 Å². The molecule has 1 aliphatic rings. The zero-order valence-electron chi connectivity index (χ0n) is 12.7. The van der Waals surface area contributed by atoms with Gasteiger partial charge in [-0.25, -0.2) is 4.98 Å². The topological polar surface area (TPSA) is 68.0 Å². The molecule has 3 N–H and O–H groups in total. The zero-order chi connectivity index (χ0) is 15.5. The molecule has 1 aliphatic carbocycles. The average Bonchev–Trinajstić information content (AvgIpc) is 2.92. The van der Waals surface area contributed by atoms with Gasteiger partial charge in [-0.2, -0.15) is 0 Å². The fourth-order valence-corrected chi connectivity index (χ4v) is 3.80. The molecule has 1 aromatic heterocycles. The summed E-state index contributed by atoms with van der Waals surface area (Å²) in [5.41, 5.74) is 7.76. The highest BCUT2D eigenvalue weighted by Gasteiger charge is 2.23. The number of aromatic nitrogens is 1. The van der Waals surface area contributed by atoms with Crippen LogP contribution in [0.3, 0.4) is 0 Å². The number of thiazole rings is 1. The summed E-state index contributed by atoms with van der Waals surface area (Å²) in [5.74, 6) is -0.00217. The van der Waals surface area contributed by atoms with Crippen molar-refractivity contribution in [1.29, 1.82) is 0 Å². The summed E-state index contributed by atoms with van der Waals surface area (Å²) in [5, 5.41) is 4.03. The second kappa shape index (κ2) is 6.58. The van der Waals surface area contributed by atoms with E-state index in [1.165, 1.54) is 11.3 Å². The quantitative estimate of drug-likeness (QED) is 0.914. The summed E-state index contributed by atoms with van der Waals surface area (Å²) >= 11 is 1.46. The Kier molecular flexibility index (Phi) is 4.55. The van der Waals surface area contributed by atoms with Gasteiger partial charge in [0.15, 0.2) is 0 Å². The molecule has 116 valence electrons. The number of carbonyl (C=O) groups excluding carboxylic acids is 1. The van der Waals surface area contributed by atoms with Crippen LogP contribution >= 0.6 is 11.3 Å².